The molecule has 7 nitrogen and oxygen atoms in total. The molecule has 1 saturated carbocycles. The summed E-state index contributed by atoms with van der Waals surface area (Å²) in [6.07, 6.45) is 5.44. The molecule has 1 saturated heterocycles. The molecule has 0 radical (unpaired) electrons. The lowest BCUT2D eigenvalue weighted by Gasteiger charge is -2.25. The van der Waals surface area contributed by atoms with E-state index in [1.807, 2.05) is 12.1 Å². The van der Waals surface area contributed by atoms with Crippen LogP contribution in [0.25, 0.3) is 0 Å². The fraction of sp³-hybridized carbons (Fsp3) is 0.478. The molecule has 2 fully saturated rings. The van der Waals surface area contributed by atoms with Crippen LogP contribution in [0.2, 0.25) is 5.02 Å². The van der Waals surface area contributed by atoms with Crippen LogP contribution in [0.5, 0.6) is 0 Å². The van der Waals surface area contributed by atoms with Gasteiger partial charge in [0.15, 0.2) is 5.82 Å². The Labute approximate surface area is 187 Å². The first-order chi connectivity index (χ1) is 15.0. The van der Waals surface area contributed by atoms with Gasteiger partial charge in [0, 0.05) is 35.7 Å². The van der Waals surface area contributed by atoms with Crippen molar-refractivity contribution in [1.82, 2.24) is 25.1 Å². The Balaban J connectivity index is 1.44. The van der Waals surface area contributed by atoms with Crippen LogP contribution >= 0.6 is 11.6 Å². The first-order valence-electron chi connectivity index (χ1n) is 11.1. The Bertz CT molecular complexity index is 1040. The van der Waals surface area contributed by atoms with Gasteiger partial charge in [0.05, 0.1) is 6.04 Å². The minimum Gasteiger partial charge on any atom is -0.334 e. The van der Waals surface area contributed by atoms with E-state index < -0.39 is 0 Å². The number of anilines is 3. The molecule has 0 amide bonds. The molecule has 1 aliphatic carbocycles. The quantitative estimate of drug-likeness (QED) is 0.514. The summed E-state index contributed by atoms with van der Waals surface area (Å²) in [4.78, 5) is 16.6. The van der Waals surface area contributed by atoms with Crippen LogP contribution in [-0.2, 0) is 6.42 Å². The van der Waals surface area contributed by atoms with Crippen molar-refractivity contribution >= 4 is 29.3 Å². The number of rotatable bonds is 7. The largest absolute Gasteiger partial charge is 0.334 e. The first-order valence-corrected chi connectivity index (χ1v) is 11.5. The topological polar surface area (TPSA) is 82.6 Å². The SMILES string of the molecule is CC(C)Cc1nc(Nc2cc(C3CC3)[nH]n2)nc(N2CCCC2c2ccc(Cl)cc2)n1. The van der Waals surface area contributed by atoms with Gasteiger partial charge < -0.3 is 10.2 Å². The Kier molecular flexibility index (Phi) is 5.52. The molecule has 5 rings (SSSR count). The highest BCUT2D eigenvalue weighted by molar-refractivity contribution is 6.30. The second-order valence-electron chi connectivity index (χ2n) is 8.98. The van der Waals surface area contributed by atoms with E-state index in [1.165, 1.54) is 24.1 Å². The third-order valence-corrected chi connectivity index (χ3v) is 6.13. The summed E-state index contributed by atoms with van der Waals surface area (Å²) in [6, 6.07) is 10.4. The number of nitrogens with one attached hydrogen (secondary N) is 2. The maximum absolute atomic E-state index is 6.10. The molecule has 2 aliphatic rings. The molecule has 8 heteroatoms. The van der Waals surface area contributed by atoms with Crippen molar-refractivity contribution in [2.45, 2.75) is 57.9 Å². The first kappa shape index (κ1) is 20.2. The van der Waals surface area contributed by atoms with Crippen LogP contribution < -0.4 is 10.2 Å². The second-order valence-corrected chi connectivity index (χ2v) is 9.42. The number of H-pyrrole nitrogens is 1. The standard InChI is InChI=1S/C23H28ClN7/c1-14(2)12-20-25-22(26-21-13-18(29-30-21)15-5-6-15)28-23(27-20)31-11-3-4-19(31)16-7-9-17(24)10-8-16/h7-10,13-15,19H,3-6,11-12H2,1-2H3,(H2,25,26,27,28,29,30). The van der Waals surface area contributed by atoms with Crippen LogP contribution in [-0.4, -0.2) is 31.7 Å². The Hall–Kier alpha value is -2.67. The van der Waals surface area contributed by atoms with E-state index in [9.17, 15) is 0 Å². The minimum atomic E-state index is 0.242. The van der Waals surface area contributed by atoms with Crippen LogP contribution in [0.1, 0.15) is 68.6 Å². The molecule has 2 N–H and O–H groups in total. The van der Waals surface area contributed by atoms with Gasteiger partial charge in [-0.1, -0.05) is 37.6 Å². The maximum atomic E-state index is 6.10. The molecule has 0 spiro atoms. The summed E-state index contributed by atoms with van der Waals surface area (Å²) in [6.45, 7) is 5.28. The van der Waals surface area contributed by atoms with Crippen LogP contribution in [0.3, 0.4) is 0 Å². The van der Waals surface area contributed by atoms with E-state index in [0.717, 1.165) is 48.4 Å². The number of benzene rings is 1. The lowest BCUT2D eigenvalue weighted by Crippen LogP contribution is -2.26. The van der Waals surface area contributed by atoms with Gasteiger partial charge in [0.25, 0.3) is 0 Å². The predicted molar refractivity (Wildman–Crippen MR) is 123 cm³/mol. The van der Waals surface area contributed by atoms with E-state index in [-0.39, 0.29) is 6.04 Å². The summed E-state index contributed by atoms with van der Waals surface area (Å²) >= 11 is 6.10. The number of hydrogen-bond donors (Lipinski definition) is 2. The molecular weight excluding hydrogens is 410 g/mol. The average molecular weight is 438 g/mol. The fourth-order valence-corrected chi connectivity index (χ4v) is 4.33. The minimum absolute atomic E-state index is 0.242. The number of hydrogen-bond acceptors (Lipinski definition) is 6. The highest BCUT2D eigenvalue weighted by Gasteiger charge is 2.29. The van der Waals surface area contributed by atoms with E-state index in [4.69, 9.17) is 21.6 Å². The van der Waals surface area contributed by atoms with Crippen molar-refractivity contribution in [2.75, 3.05) is 16.8 Å². The lowest BCUT2D eigenvalue weighted by atomic mass is 10.1. The Morgan fingerprint density at radius 2 is 1.94 bits per heavy atom. The summed E-state index contributed by atoms with van der Waals surface area (Å²) in [5.74, 6) is 3.92. The third-order valence-electron chi connectivity index (χ3n) is 5.88. The molecule has 31 heavy (non-hydrogen) atoms. The average Bonchev–Trinajstić information content (AvgIpc) is 3.28. The van der Waals surface area contributed by atoms with Crippen LogP contribution in [0.4, 0.5) is 17.7 Å². The summed E-state index contributed by atoms with van der Waals surface area (Å²) in [5.41, 5.74) is 2.42. The smallest absolute Gasteiger partial charge is 0.233 e. The highest BCUT2D eigenvalue weighted by atomic mass is 35.5. The van der Waals surface area contributed by atoms with Gasteiger partial charge in [0.1, 0.15) is 5.82 Å². The normalized spacial score (nSPS) is 18.7. The molecular formula is C23H28ClN7. The van der Waals surface area contributed by atoms with Crippen molar-refractivity contribution in [2.24, 2.45) is 5.92 Å². The monoisotopic (exact) mass is 437 g/mol. The fourth-order valence-electron chi connectivity index (χ4n) is 4.20. The van der Waals surface area contributed by atoms with Gasteiger partial charge in [0.2, 0.25) is 11.9 Å². The molecule has 3 heterocycles. The molecule has 3 aromatic rings. The zero-order valence-electron chi connectivity index (χ0n) is 18.0. The maximum Gasteiger partial charge on any atom is 0.233 e. The molecule has 1 unspecified atom stereocenters. The molecule has 1 aromatic carbocycles. The molecule has 1 aliphatic heterocycles. The zero-order valence-corrected chi connectivity index (χ0v) is 18.7. The van der Waals surface area contributed by atoms with Gasteiger partial charge in [-0.2, -0.15) is 20.1 Å². The molecule has 0 bridgehead atoms. The van der Waals surface area contributed by atoms with E-state index in [1.54, 1.807) is 0 Å². The number of nitrogens with zero attached hydrogens (tertiary/aromatic N) is 5. The molecule has 162 valence electrons. The van der Waals surface area contributed by atoms with Gasteiger partial charge in [-0.15, -0.1) is 0 Å². The second kappa shape index (κ2) is 8.46. The lowest BCUT2D eigenvalue weighted by molar-refractivity contribution is 0.613. The third kappa shape index (κ3) is 4.66. The summed E-state index contributed by atoms with van der Waals surface area (Å²) in [5, 5.41) is 11.6. The van der Waals surface area contributed by atoms with Crippen molar-refractivity contribution in [3.05, 3.63) is 52.4 Å². The van der Waals surface area contributed by atoms with Crippen LogP contribution in [0, 0.1) is 5.92 Å². The number of halogens is 1. The van der Waals surface area contributed by atoms with Crippen molar-refractivity contribution in [3.63, 3.8) is 0 Å². The van der Waals surface area contributed by atoms with Gasteiger partial charge in [-0.3, -0.25) is 5.10 Å². The van der Waals surface area contributed by atoms with Crippen molar-refractivity contribution in [1.29, 1.82) is 0 Å². The predicted octanol–water partition coefficient (Wildman–Crippen LogP) is 5.41. The van der Waals surface area contributed by atoms with Crippen molar-refractivity contribution < 1.29 is 0 Å². The molecule has 2 aromatic heterocycles. The molecule has 1 atom stereocenters. The van der Waals surface area contributed by atoms with Gasteiger partial charge in [-0.25, -0.2) is 0 Å². The van der Waals surface area contributed by atoms with E-state index in [2.05, 4.69) is 57.4 Å². The Morgan fingerprint density at radius 3 is 2.68 bits per heavy atom. The highest BCUT2D eigenvalue weighted by Crippen LogP contribution is 2.40. The van der Waals surface area contributed by atoms with E-state index in [0.29, 0.717) is 17.8 Å². The van der Waals surface area contributed by atoms with E-state index >= 15 is 0 Å². The number of aromatic nitrogens is 5. The van der Waals surface area contributed by atoms with Gasteiger partial charge in [-0.05, 0) is 49.3 Å². The zero-order chi connectivity index (χ0) is 21.4. The Morgan fingerprint density at radius 1 is 1.13 bits per heavy atom. The van der Waals surface area contributed by atoms with Crippen molar-refractivity contribution in [3.8, 4) is 0 Å². The summed E-state index contributed by atoms with van der Waals surface area (Å²) in [7, 11) is 0. The summed E-state index contributed by atoms with van der Waals surface area (Å²) < 4.78 is 0. The van der Waals surface area contributed by atoms with Gasteiger partial charge >= 0.3 is 0 Å². The number of aromatic amines is 1. The van der Waals surface area contributed by atoms with Crippen LogP contribution in [0.15, 0.2) is 30.3 Å².